The van der Waals surface area contributed by atoms with Crippen molar-refractivity contribution in [2.24, 2.45) is 0 Å². The molecule has 0 aliphatic carbocycles. The van der Waals surface area contributed by atoms with Crippen LogP contribution in [-0.4, -0.2) is 33.9 Å². The minimum Gasteiger partial charge on any atom is -0.486 e. The molecular formula is C23H24N4O3. The van der Waals surface area contributed by atoms with Crippen molar-refractivity contribution in [2.75, 3.05) is 18.5 Å². The van der Waals surface area contributed by atoms with E-state index in [9.17, 15) is 4.79 Å². The Morgan fingerprint density at radius 1 is 1.10 bits per heavy atom. The predicted molar refractivity (Wildman–Crippen MR) is 112 cm³/mol. The number of hydrogen-bond donors (Lipinski definition) is 1. The van der Waals surface area contributed by atoms with Crippen molar-refractivity contribution >= 4 is 11.6 Å². The fraction of sp³-hybridized carbons (Fsp3) is 0.348. The number of aryl methyl sites for hydroxylation is 2. The second-order valence-electron chi connectivity index (χ2n) is 7.67. The Balaban J connectivity index is 1.27. The lowest BCUT2D eigenvalue weighted by Gasteiger charge is -2.24. The minimum atomic E-state index is -0.167. The molecule has 1 N–H and O–H groups in total. The van der Waals surface area contributed by atoms with Gasteiger partial charge >= 0.3 is 0 Å². The summed E-state index contributed by atoms with van der Waals surface area (Å²) in [6, 6.07) is 13.4. The first-order valence-corrected chi connectivity index (χ1v) is 10.4. The highest BCUT2D eigenvalue weighted by Gasteiger charge is 2.23. The van der Waals surface area contributed by atoms with Gasteiger partial charge in [-0.2, -0.15) is 0 Å². The SMILES string of the molecule is CCc1nnc2n1CC(c1ccc(NC(=O)c3ccc4c(c3)OCCO4)cc1)CC2. The van der Waals surface area contributed by atoms with Crippen LogP contribution in [0.15, 0.2) is 42.5 Å². The number of rotatable bonds is 4. The van der Waals surface area contributed by atoms with E-state index >= 15 is 0 Å². The van der Waals surface area contributed by atoms with Gasteiger partial charge in [-0.25, -0.2) is 0 Å². The Morgan fingerprint density at radius 2 is 1.90 bits per heavy atom. The van der Waals surface area contributed by atoms with Crippen LogP contribution >= 0.6 is 0 Å². The zero-order valence-corrected chi connectivity index (χ0v) is 16.9. The number of carbonyl (C=O) groups excluding carboxylic acids is 1. The average molecular weight is 404 g/mol. The molecule has 1 unspecified atom stereocenters. The van der Waals surface area contributed by atoms with E-state index in [4.69, 9.17) is 9.47 Å². The van der Waals surface area contributed by atoms with E-state index in [1.165, 1.54) is 5.56 Å². The maximum absolute atomic E-state index is 12.6. The Kier molecular flexibility index (Phi) is 4.86. The molecule has 2 aliphatic rings. The highest BCUT2D eigenvalue weighted by molar-refractivity contribution is 6.04. The van der Waals surface area contributed by atoms with Gasteiger partial charge in [0.05, 0.1) is 0 Å². The van der Waals surface area contributed by atoms with Crippen LogP contribution in [0.1, 0.15) is 46.8 Å². The summed E-state index contributed by atoms with van der Waals surface area (Å²) in [6.07, 6.45) is 2.90. The molecule has 0 fully saturated rings. The molecule has 0 spiro atoms. The normalized spacial score (nSPS) is 17.3. The number of carbonyl (C=O) groups is 1. The molecule has 30 heavy (non-hydrogen) atoms. The smallest absolute Gasteiger partial charge is 0.255 e. The lowest BCUT2D eigenvalue weighted by Crippen LogP contribution is -2.20. The highest BCUT2D eigenvalue weighted by Crippen LogP contribution is 2.32. The number of benzene rings is 2. The van der Waals surface area contributed by atoms with Crippen LogP contribution in [-0.2, 0) is 19.4 Å². The van der Waals surface area contributed by atoms with E-state index in [0.29, 0.717) is 36.2 Å². The van der Waals surface area contributed by atoms with Crippen molar-refractivity contribution < 1.29 is 14.3 Å². The van der Waals surface area contributed by atoms with Crippen LogP contribution in [0.3, 0.4) is 0 Å². The topological polar surface area (TPSA) is 78.3 Å². The first-order chi connectivity index (χ1) is 14.7. The Morgan fingerprint density at radius 3 is 2.70 bits per heavy atom. The van der Waals surface area contributed by atoms with Gasteiger partial charge in [0.1, 0.15) is 24.9 Å². The molecule has 0 radical (unpaired) electrons. The van der Waals surface area contributed by atoms with E-state index in [-0.39, 0.29) is 5.91 Å². The molecule has 154 valence electrons. The summed E-state index contributed by atoms with van der Waals surface area (Å²) in [5.74, 6) is 3.70. The van der Waals surface area contributed by atoms with Crippen LogP contribution < -0.4 is 14.8 Å². The van der Waals surface area contributed by atoms with Crippen molar-refractivity contribution in [3.05, 3.63) is 65.2 Å². The largest absolute Gasteiger partial charge is 0.486 e. The van der Waals surface area contributed by atoms with E-state index < -0.39 is 0 Å². The molecule has 2 aromatic carbocycles. The maximum Gasteiger partial charge on any atom is 0.255 e. The summed E-state index contributed by atoms with van der Waals surface area (Å²) in [7, 11) is 0. The maximum atomic E-state index is 12.6. The number of aromatic nitrogens is 3. The van der Waals surface area contributed by atoms with Gasteiger partial charge < -0.3 is 19.4 Å². The van der Waals surface area contributed by atoms with Crippen molar-refractivity contribution in [1.29, 1.82) is 0 Å². The number of nitrogens with zero attached hydrogens (tertiary/aromatic N) is 3. The number of nitrogens with one attached hydrogen (secondary N) is 1. The second kappa shape index (κ2) is 7.82. The Bertz CT molecular complexity index is 1060. The summed E-state index contributed by atoms with van der Waals surface area (Å²) in [4.78, 5) is 12.6. The zero-order chi connectivity index (χ0) is 20.5. The molecule has 1 atom stereocenters. The van der Waals surface area contributed by atoms with E-state index in [0.717, 1.165) is 43.1 Å². The first-order valence-electron chi connectivity index (χ1n) is 10.4. The van der Waals surface area contributed by atoms with Gasteiger partial charge in [0.15, 0.2) is 11.5 Å². The zero-order valence-electron chi connectivity index (χ0n) is 16.9. The summed E-state index contributed by atoms with van der Waals surface area (Å²) in [5.41, 5.74) is 2.59. The number of hydrogen-bond acceptors (Lipinski definition) is 5. The number of fused-ring (bicyclic) bond motifs is 2. The average Bonchev–Trinajstić information content (AvgIpc) is 3.21. The van der Waals surface area contributed by atoms with E-state index in [2.05, 4.69) is 39.1 Å². The van der Waals surface area contributed by atoms with Gasteiger partial charge in [0.2, 0.25) is 0 Å². The molecule has 0 saturated heterocycles. The third kappa shape index (κ3) is 3.51. The van der Waals surface area contributed by atoms with Crippen molar-refractivity contribution in [3.63, 3.8) is 0 Å². The third-order valence-electron chi connectivity index (χ3n) is 5.78. The predicted octanol–water partition coefficient (Wildman–Crippen LogP) is 3.59. The number of anilines is 1. The van der Waals surface area contributed by atoms with Gasteiger partial charge in [0.25, 0.3) is 5.91 Å². The Labute approximate surface area is 175 Å². The van der Waals surface area contributed by atoms with Crippen molar-refractivity contribution in [2.45, 2.75) is 38.6 Å². The molecule has 7 nitrogen and oxygen atoms in total. The molecule has 5 rings (SSSR count). The fourth-order valence-corrected chi connectivity index (χ4v) is 4.14. The van der Waals surface area contributed by atoms with Gasteiger partial charge in [-0.15, -0.1) is 10.2 Å². The summed E-state index contributed by atoms with van der Waals surface area (Å²) < 4.78 is 13.3. The molecule has 1 aromatic heterocycles. The molecule has 7 heteroatoms. The van der Waals surface area contributed by atoms with E-state index in [1.807, 2.05) is 12.1 Å². The monoisotopic (exact) mass is 404 g/mol. The molecule has 1 amide bonds. The highest BCUT2D eigenvalue weighted by atomic mass is 16.6. The van der Waals surface area contributed by atoms with Gasteiger partial charge in [-0.3, -0.25) is 4.79 Å². The summed E-state index contributed by atoms with van der Waals surface area (Å²) in [6.45, 7) is 4.05. The molecule has 2 aliphatic heterocycles. The molecule has 0 bridgehead atoms. The quantitative estimate of drug-likeness (QED) is 0.719. The first kappa shape index (κ1) is 18.7. The number of amides is 1. The second-order valence-corrected chi connectivity index (χ2v) is 7.67. The van der Waals surface area contributed by atoms with Crippen molar-refractivity contribution in [3.8, 4) is 11.5 Å². The van der Waals surface area contributed by atoms with Crippen LogP contribution in [0.2, 0.25) is 0 Å². The van der Waals surface area contributed by atoms with Crippen LogP contribution in [0.4, 0.5) is 5.69 Å². The van der Waals surface area contributed by atoms with Crippen LogP contribution in [0.25, 0.3) is 0 Å². The third-order valence-corrected chi connectivity index (χ3v) is 5.78. The Hall–Kier alpha value is -3.35. The molecule has 3 aromatic rings. The van der Waals surface area contributed by atoms with Gasteiger partial charge in [-0.05, 0) is 42.3 Å². The van der Waals surface area contributed by atoms with Gasteiger partial charge in [-0.1, -0.05) is 19.1 Å². The number of ether oxygens (including phenoxy) is 2. The fourth-order valence-electron chi connectivity index (χ4n) is 4.14. The minimum absolute atomic E-state index is 0.167. The standard InChI is InChI=1S/C23H24N4O3/c1-2-21-25-26-22-10-6-17(14-27(21)22)15-3-7-18(8-4-15)24-23(28)16-5-9-19-20(13-16)30-12-11-29-19/h3-5,7-9,13,17H,2,6,10-12,14H2,1H3,(H,24,28). The summed E-state index contributed by atoms with van der Waals surface area (Å²) >= 11 is 0. The lowest BCUT2D eigenvalue weighted by atomic mass is 9.91. The van der Waals surface area contributed by atoms with Crippen molar-refractivity contribution in [1.82, 2.24) is 14.8 Å². The van der Waals surface area contributed by atoms with E-state index in [1.54, 1.807) is 18.2 Å². The van der Waals surface area contributed by atoms with Gasteiger partial charge in [0, 0.05) is 36.6 Å². The lowest BCUT2D eigenvalue weighted by molar-refractivity contribution is 0.102. The molecule has 0 saturated carbocycles. The summed E-state index contributed by atoms with van der Waals surface area (Å²) in [5, 5.41) is 11.6. The molecular weight excluding hydrogens is 380 g/mol. The van der Waals surface area contributed by atoms with Crippen LogP contribution in [0, 0.1) is 0 Å². The molecule has 3 heterocycles. The van der Waals surface area contributed by atoms with Crippen LogP contribution in [0.5, 0.6) is 11.5 Å².